The Morgan fingerprint density at radius 2 is 2.10 bits per heavy atom. The Hall–Kier alpha value is -2.32. The van der Waals surface area contributed by atoms with Crippen LogP contribution in [0.5, 0.6) is 0 Å². The molecule has 0 unspecified atom stereocenters. The van der Waals surface area contributed by atoms with Gasteiger partial charge in [0.1, 0.15) is 17.8 Å². The van der Waals surface area contributed by atoms with Crippen molar-refractivity contribution in [2.24, 2.45) is 0 Å². The molecule has 0 spiro atoms. The summed E-state index contributed by atoms with van der Waals surface area (Å²) in [5, 5.41) is 16.2. The van der Waals surface area contributed by atoms with E-state index in [0.717, 1.165) is 6.20 Å². The molecule has 1 aromatic carbocycles. The molecule has 0 amide bonds. The molecule has 0 atom stereocenters. The van der Waals surface area contributed by atoms with Crippen molar-refractivity contribution in [3.63, 3.8) is 0 Å². The lowest BCUT2D eigenvalue weighted by atomic mass is 10.3. The van der Waals surface area contributed by atoms with E-state index in [9.17, 15) is 14.5 Å². The fraction of sp³-hybridized carbons (Fsp3) is 0. The molecule has 1 aromatic heterocycles. The molecule has 0 aliphatic heterocycles. The number of anilines is 2. The molecule has 9 heteroatoms. The van der Waals surface area contributed by atoms with Gasteiger partial charge in [-0.3, -0.25) is 10.1 Å². The minimum atomic E-state index is -0.548. The summed E-state index contributed by atoms with van der Waals surface area (Å²) in [4.78, 5) is 13.8. The van der Waals surface area contributed by atoms with Gasteiger partial charge in [0.2, 0.25) is 0 Å². The highest BCUT2D eigenvalue weighted by molar-refractivity contribution is 7.80. The first kappa shape index (κ1) is 15.1. The van der Waals surface area contributed by atoms with Crippen molar-refractivity contribution in [1.29, 1.82) is 0 Å². The monoisotopic (exact) mass is 326 g/mol. The summed E-state index contributed by atoms with van der Waals surface area (Å²) in [6, 6.07) is 6.78. The van der Waals surface area contributed by atoms with E-state index < -0.39 is 10.7 Å². The van der Waals surface area contributed by atoms with E-state index in [1.54, 1.807) is 0 Å². The molecule has 0 bridgehead atoms. The van der Waals surface area contributed by atoms with Gasteiger partial charge in [-0.2, -0.15) is 0 Å². The van der Waals surface area contributed by atoms with Gasteiger partial charge >= 0.3 is 0 Å². The molecule has 6 nitrogen and oxygen atoms in total. The van der Waals surface area contributed by atoms with Crippen molar-refractivity contribution >= 4 is 46.1 Å². The first-order valence-electron chi connectivity index (χ1n) is 5.59. The van der Waals surface area contributed by atoms with Gasteiger partial charge < -0.3 is 10.6 Å². The standard InChI is InChI=1S/C12H8ClFN4O2S/c13-9-5-7(1-3-10(9)14)16-12(21)17-11-4-2-8(6-15-11)18(19)20/h1-6H,(H2,15,16,17,21). The van der Waals surface area contributed by atoms with Crippen molar-refractivity contribution in [2.75, 3.05) is 10.6 Å². The van der Waals surface area contributed by atoms with Crippen LogP contribution < -0.4 is 10.6 Å². The maximum atomic E-state index is 13.0. The lowest BCUT2D eigenvalue weighted by Crippen LogP contribution is -2.19. The van der Waals surface area contributed by atoms with Crippen LogP contribution in [0.4, 0.5) is 21.6 Å². The van der Waals surface area contributed by atoms with Crippen LogP contribution in [0.1, 0.15) is 0 Å². The molecule has 0 saturated carbocycles. The molecule has 2 aromatic rings. The van der Waals surface area contributed by atoms with Gasteiger partial charge in [0.25, 0.3) is 5.69 Å². The Morgan fingerprint density at radius 1 is 1.33 bits per heavy atom. The number of hydrogen-bond donors (Lipinski definition) is 2. The van der Waals surface area contributed by atoms with Crippen LogP contribution in [0.2, 0.25) is 5.02 Å². The number of benzene rings is 1. The third kappa shape index (κ3) is 4.07. The van der Waals surface area contributed by atoms with Gasteiger partial charge in [0.15, 0.2) is 5.11 Å². The SMILES string of the molecule is O=[N+]([O-])c1ccc(NC(=S)Nc2ccc(F)c(Cl)c2)nc1. The van der Waals surface area contributed by atoms with Gasteiger partial charge in [0, 0.05) is 11.8 Å². The topological polar surface area (TPSA) is 80.1 Å². The minimum absolute atomic E-state index is 0.0312. The molecule has 1 heterocycles. The second kappa shape index (κ2) is 6.42. The quantitative estimate of drug-likeness (QED) is 0.509. The molecular weight excluding hydrogens is 319 g/mol. The summed E-state index contributed by atoms with van der Waals surface area (Å²) in [7, 11) is 0. The smallest absolute Gasteiger partial charge is 0.287 e. The van der Waals surface area contributed by atoms with Crippen LogP contribution in [0.15, 0.2) is 36.5 Å². The van der Waals surface area contributed by atoms with E-state index in [1.807, 2.05) is 0 Å². The molecule has 0 saturated heterocycles. The maximum absolute atomic E-state index is 13.0. The van der Waals surface area contributed by atoms with Gasteiger partial charge in [-0.1, -0.05) is 11.6 Å². The zero-order chi connectivity index (χ0) is 15.4. The van der Waals surface area contributed by atoms with Crippen LogP contribution in [0, 0.1) is 15.9 Å². The zero-order valence-corrected chi connectivity index (χ0v) is 11.9. The molecule has 0 radical (unpaired) electrons. The van der Waals surface area contributed by atoms with E-state index in [4.69, 9.17) is 23.8 Å². The molecule has 2 N–H and O–H groups in total. The minimum Gasteiger partial charge on any atom is -0.332 e. The predicted molar refractivity (Wildman–Crippen MR) is 82.1 cm³/mol. The van der Waals surface area contributed by atoms with Crippen LogP contribution in [0.3, 0.4) is 0 Å². The molecule has 108 valence electrons. The molecule has 21 heavy (non-hydrogen) atoms. The molecule has 0 fully saturated rings. The normalized spacial score (nSPS) is 10.0. The Kier molecular flexibility index (Phi) is 4.61. The highest BCUT2D eigenvalue weighted by atomic mass is 35.5. The van der Waals surface area contributed by atoms with Crippen molar-refractivity contribution in [3.05, 3.63) is 57.5 Å². The Labute approximate surface area is 129 Å². The van der Waals surface area contributed by atoms with Gasteiger partial charge in [-0.15, -0.1) is 0 Å². The fourth-order valence-electron chi connectivity index (χ4n) is 1.42. The molecule has 2 rings (SSSR count). The number of nitro groups is 1. The summed E-state index contributed by atoms with van der Waals surface area (Å²) in [5.74, 6) is -0.190. The van der Waals surface area contributed by atoms with Crippen molar-refractivity contribution < 1.29 is 9.31 Å². The number of nitrogens with one attached hydrogen (secondary N) is 2. The highest BCUT2D eigenvalue weighted by Crippen LogP contribution is 2.19. The predicted octanol–water partition coefficient (Wildman–Crippen LogP) is 3.59. The molecule has 0 aliphatic rings. The lowest BCUT2D eigenvalue weighted by molar-refractivity contribution is -0.385. The maximum Gasteiger partial charge on any atom is 0.287 e. The molecule has 0 aliphatic carbocycles. The van der Waals surface area contributed by atoms with Crippen LogP contribution >= 0.6 is 23.8 Å². The van der Waals surface area contributed by atoms with Crippen molar-refractivity contribution in [3.8, 4) is 0 Å². The van der Waals surface area contributed by atoms with E-state index in [1.165, 1.54) is 30.3 Å². The number of halogens is 2. The number of pyridine rings is 1. The van der Waals surface area contributed by atoms with E-state index in [0.29, 0.717) is 11.5 Å². The highest BCUT2D eigenvalue weighted by Gasteiger charge is 2.07. The van der Waals surface area contributed by atoms with Crippen molar-refractivity contribution in [2.45, 2.75) is 0 Å². The van der Waals surface area contributed by atoms with Crippen LogP contribution in [0.25, 0.3) is 0 Å². The first-order chi connectivity index (χ1) is 9.95. The van der Waals surface area contributed by atoms with Gasteiger partial charge in [-0.25, -0.2) is 9.37 Å². The van der Waals surface area contributed by atoms with E-state index in [-0.39, 0.29) is 15.8 Å². The number of thiocarbonyl (C=S) groups is 1. The second-order valence-corrected chi connectivity index (χ2v) is 4.68. The second-order valence-electron chi connectivity index (χ2n) is 3.87. The number of aromatic nitrogens is 1. The lowest BCUT2D eigenvalue weighted by Gasteiger charge is -2.10. The van der Waals surface area contributed by atoms with Crippen LogP contribution in [-0.2, 0) is 0 Å². The Balaban J connectivity index is 2.01. The zero-order valence-electron chi connectivity index (χ0n) is 10.3. The fourth-order valence-corrected chi connectivity index (χ4v) is 1.82. The van der Waals surface area contributed by atoms with Crippen LogP contribution in [-0.4, -0.2) is 15.0 Å². The molecular formula is C12H8ClFN4O2S. The van der Waals surface area contributed by atoms with Crippen molar-refractivity contribution in [1.82, 2.24) is 4.98 Å². The first-order valence-corrected chi connectivity index (χ1v) is 6.38. The van der Waals surface area contributed by atoms with Gasteiger partial charge in [-0.05, 0) is 36.5 Å². The summed E-state index contributed by atoms with van der Waals surface area (Å²) < 4.78 is 13.0. The van der Waals surface area contributed by atoms with E-state index in [2.05, 4.69) is 15.6 Å². The third-order valence-electron chi connectivity index (χ3n) is 2.38. The number of nitrogens with zero attached hydrogens (tertiary/aromatic N) is 2. The summed E-state index contributed by atoms with van der Waals surface area (Å²) in [6.45, 7) is 0. The average molecular weight is 327 g/mol. The summed E-state index contributed by atoms with van der Waals surface area (Å²) in [5.41, 5.74) is 0.380. The summed E-state index contributed by atoms with van der Waals surface area (Å²) >= 11 is 10.7. The van der Waals surface area contributed by atoms with E-state index >= 15 is 0 Å². The number of hydrogen-bond acceptors (Lipinski definition) is 4. The Bertz CT molecular complexity index is 696. The Morgan fingerprint density at radius 3 is 2.67 bits per heavy atom. The third-order valence-corrected chi connectivity index (χ3v) is 2.87. The van der Waals surface area contributed by atoms with Gasteiger partial charge in [0.05, 0.1) is 9.95 Å². The summed E-state index contributed by atoms with van der Waals surface area (Å²) in [6.07, 6.45) is 1.11. The number of rotatable bonds is 3. The average Bonchev–Trinajstić information content (AvgIpc) is 2.43. The largest absolute Gasteiger partial charge is 0.332 e.